The average Bonchev–Trinajstić information content (AvgIpc) is 3.27. The van der Waals surface area contributed by atoms with E-state index in [1.165, 1.54) is 0 Å². The lowest BCUT2D eigenvalue weighted by Gasteiger charge is -2.38. The van der Waals surface area contributed by atoms with Crippen LogP contribution in [0.2, 0.25) is 10.0 Å². The standard InChI is InChI=1S/C25H22Cl2N2O2S/c1-15-21(26)10-5-11-23(15)29-32(30,31)16-12-13-24-20(14-16)17-7-4-8-18(17)25(28-24)19-6-2-3-9-22(19)27/h2-7,9-14,17-18,25,28-29H,8H2,1H3/t17-,18+,25-/m0/s1. The van der Waals surface area contributed by atoms with Gasteiger partial charge in [0.1, 0.15) is 0 Å². The molecule has 0 bridgehead atoms. The molecule has 1 aliphatic carbocycles. The van der Waals surface area contributed by atoms with E-state index in [0.29, 0.717) is 16.3 Å². The van der Waals surface area contributed by atoms with E-state index < -0.39 is 10.0 Å². The summed E-state index contributed by atoms with van der Waals surface area (Å²) >= 11 is 12.7. The summed E-state index contributed by atoms with van der Waals surface area (Å²) < 4.78 is 29.0. The lowest BCUT2D eigenvalue weighted by atomic mass is 9.77. The maximum Gasteiger partial charge on any atom is 0.261 e. The number of hydrogen-bond donors (Lipinski definition) is 2. The SMILES string of the molecule is Cc1c(Cl)cccc1NS(=O)(=O)c1ccc2c(c1)[C@H]1C=CC[C@H]1[C@@H](c1ccccc1Cl)N2. The van der Waals surface area contributed by atoms with Crippen LogP contribution in [0.5, 0.6) is 0 Å². The number of anilines is 2. The molecule has 5 rings (SSSR count). The summed E-state index contributed by atoms with van der Waals surface area (Å²) in [5, 5.41) is 4.87. The molecule has 0 fully saturated rings. The summed E-state index contributed by atoms with van der Waals surface area (Å²) in [4.78, 5) is 0.229. The number of halogens is 2. The number of rotatable bonds is 4. The molecule has 0 saturated heterocycles. The predicted molar refractivity (Wildman–Crippen MR) is 131 cm³/mol. The first-order valence-corrected chi connectivity index (χ1v) is 12.7. The number of nitrogens with one attached hydrogen (secondary N) is 2. The fourth-order valence-corrected chi connectivity index (χ4v) is 6.28. The summed E-state index contributed by atoms with van der Waals surface area (Å²) in [5.74, 6) is 0.388. The van der Waals surface area contributed by atoms with Crippen LogP contribution in [0.3, 0.4) is 0 Å². The van der Waals surface area contributed by atoms with Gasteiger partial charge in [0.2, 0.25) is 0 Å². The zero-order valence-corrected chi connectivity index (χ0v) is 19.7. The smallest absolute Gasteiger partial charge is 0.261 e. The highest BCUT2D eigenvalue weighted by atomic mass is 35.5. The Hall–Kier alpha value is -2.47. The van der Waals surface area contributed by atoms with Gasteiger partial charge in [-0.25, -0.2) is 8.42 Å². The van der Waals surface area contributed by atoms with Crippen molar-refractivity contribution in [2.45, 2.75) is 30.2 Å². The number of hydrogen-bond acceptors (Lipinski definition) is 3. The van der Waals surface area contributed by atoms with E-state index in [1.54, 1.807) is 37.3 Å². The maximum absolute atomic E-state index is 13.2. The third-order valence-corrected chi connectivity index (χ3v) is 8.51. The number of benzene rings is 3. The summed E-state index contributed by atoms with van der Waals surface area (Å²) in [6.45, 7) is 1.79. The molecule has 0 saturated carbocycles. The van der Waals surface area contributed by atoms with Crippen molar-refractivity contribution in [1.82, 2.24) is 0 Å². The first-order chi connectivity index (χ1) is 15.3. The molecule has 0 spiro atoms. The normalized spacial score (nSPS) is 21.5. The van der Waals surface area contributed by atoms with Gasteiger partial charge in [0.05, 0.1) is 16.6 Å². The molecular weight excluding hydrogens is 463 g/mol. The van der Waals surface area contributed by atoms with Gasteiger partial charge in [0.15, 0.2) is 0 Å². The van der Waals surface area contributed by atoms with E-state index in [0.717, 1.165) is 28.3 Å². The monoisotopic (exact) mass is 484 g/mol. The Morgan fingerprint density at radius 1 is 0.969 bits per heavy atom. The van der Waals surface area contributed by atoms with Gasteiger partial charge in [-0.05, 0) is 72.4 Å². The minimum Gasteiger partial charge on any atom is -0.378 e. The molecule has 0 unspecified atom stereocenters. The molecule has 2 aliphatic rings. The van der Waals surface area contributed by atoms with Gasteiger partial charge < -0.3 is 5.32 Å². The largest absolute Gasteiger partial charge is 0.378 e. The van der Waals surface area contributed by atoms with Gasteiger partial charge in [-0.2, -0.15) is 0 Å². The Labute approximate surface area is 198 Å². The zero-order chi connectivity index (χ0) is 22.5. The van der Waals surface area contributed by atoms with Crippen molar-refractivity contribution in [3.05, 3.63) is 99.6 Å². The molecule has 32 heavy (non-hydrogen) atoms. The number of sulfonamides is 1. The third kappa shape index (κ3) is 3.68. The molecule has 0 amide bonds. The highest BCUT2D eigenvalue weighted by Gasteiger charge is 2.39. The molecule has 3 aromatic carbocycles. The molecule has 0 aromatic heterocycles. The van der Waals surface area contributed by atoms with Crippen LogP contribution in [0.1, 0.15) is 35.1 Å². The Morgan fingerprint density at radius 3 is 2.56 bits per heavy atom. The quantitative estimate of drug-likeness (QED) is 0.394. The predicted octanol–water partition coefficient (Wildman–Crippen LogP) is 6.93. The van der Waals surface area contributed by atoms with Crippen LogP contribution in [-0.4, -0.2) is 8.42 Å². The summed E-state index contributed by atoms with van der Waals surface area (Å²) in [6, 6.07) is 18.4. The van der Waals surface area contributed by atoms with Crippen molar-refractivity contribution >= 4 is 44.6 Å². The van der Waals surface area contributed by atoms with Crippen LogP contribution in [0, 0.1) is 12.8 Å². The fourth-order valence-electron chi connectivity index (χ4n) is 4.70. The van der Waals surface area contributed by atoms with E-state index in [1.807, 2.05) is 24.3 Å². The Bertz CT molecular complexity index is 1340. The highest BCUT2D eigenvalue weighted by Crippen LogP contribution is 2.51. The molecule has 1 heterocycles. The molecule has 1 aliphatic heterocycles. The van der Waals surface area contributed by atoms with Gasteiger partial charge >= 0.3 is 0 Å². The second-order valence-corrected chi connectivity index (χ2v) is 10.8. The summed E-state index contributed by atoms with van der Waals surface area (Å²) in [5.41, 5.74) is 4.15. The Morgan fingerprint density at radius 2 is 1.75 bits per heavy atom. The first kappa shape index (κ1) is 21.4. The molecule has 164 valence electrons. The van der Waals surface area contributed by atoms with Crippen molar-refractivity contribution in [3.63, 3.8) is 0 Å². The van der Waals surface area contributed by atoms with Gasteiger partial charge in [-0.15, -0.1) is 0 Å². The summed E-state index contributed by atoms with van der Waals surface area (Å²) in [7, 11) is -3.77. The van der Waals surface area contributed by atoms with Gasteiger partial charge in [0.25, 0.3) is 10.0 Å². The van der Waals surface area contributed by atoms with E-state index in [2.05, 4.69) is 28.3 Å². The fraction of sp³-hybridized carbons (Fsp3) is 0.200. The van der Waals surface area contributed by atoms with Gasteiger partial charge in [-0.1, -0.05) is 59.6 Å². The molecule has 3 atom stereocenters. The molecule has 7 heteroatoms. The molecular formula is C25H22Cl2N2O2S. The Balaban J connectivity index is 1.51. The topological polar surface area (TPSA) is 58.2 Å². The van der Waals surface area contributed by atoms with Crippen molar-refractivity contribution in [2.75, 3.05) is 10.0 Å². The maximum atomic E-state index is 13.2. The van der Waals surface area contributed by atoms with Crippen molar-refractivity contribution in [2.24, 2.45) is 5.92 Å². The van der Waals surface area contributed by atoms with Crippen LogP contribution in [0.4, 0.5) is 11.4 Å². The molecule has 2 N–H and O–H groups in total. The molecule has 3 aromatic rings. The summed E-state index contributed by atoms with van der Waals surface area (Å²) in [6.07, 6.45) is 5.26. The van der Waals surface area contributed by atoms with Gasteiger partial charge in [-0.3, -0.25) is 4.72 Å². The molecule has 0 radical (unpaired) electrons. The van der Waals surface area contributed by atoms with Crippen LogP contribution >= 0.6 is 23.2 Å². The van der Waals surface area contributed by atoms with Crippen molar-refractivity contribution < 1.29 is 8.42 Å². The minimum absolute atomic E-state index is 0.0610. The second-order valence-electron chi connectivity index (χ2n) is 8.26. The van der Waals surface area contributed by atoms with E-state index in [9.17, 15) is 8.42 Å². The van der Waals surface area contributed by atoms with Crippen LogP contribution in [0.15, 0.2) is 77.7 Å². The average molecular weight is 485 g/mol. The second kappa shape index (κ2) is 8.14. The highest BCUT2D eigenvalue weighted by molar-refractivity contribution is 7.92. The van der Waals surface area contributed by atoms with Crippen molar-refractivity contribution in [1.29, 1.82) is 0 Å². The van der Waals surface area contributed by atoms with Crippen LogP contribution < -0.4 is 10.0 Å². The Kier molecular flexibility index (Phi) is 5.44. The lowest BCUT2D eigenvalue weighted by Crippen LogP contribution is -2.29. The number of fused-ring (bicyclic) bond motifs is 3. The first-order valence-electron chi connectivity index (χ1n) is 10.4. The van der Waals surface area contributed by atoms with E-state index in [4.69, 9.17) is 23.2 Å². The lowest BCUT2D eigenvalue weighted by molar-refractivity contribution is 0.425. The minimum atomic E-state index is -3.77. The van der Waals surface area contributed by atoms with E-state index in [-0.39, 0.29) is 22.8 Å². The number of allylic oxidation sites excluding steroid dienone is 2. The van der Waals surface area contributed by atoms with Crippen LogP contribution in [-0.2, 0) is 10.0 Å². The van der Waals surface area contributed by atoms with Crippen LogP contribution in [0.25, 0.3) is 0 Å². The zero-order valence-electron chi connectivity index (χ0n) is 17.3. The molecule has 4 nitrogen and oxygen atoms in total. The van der Waals surface area contributed by atoms with E-state index >= 15 is 0 Å². The van der Waals surface area contributed by atoms with Crippen molar-refractivity contribution in [3.8, 4) is 0 Å². The van der Waals surface area contributed by atoms with Gasteiger partial charge in [0, 0.05) is 21.7 Å². The third-order valence-electron chi connectivity index (χ3n) is 6.40.